The summed E-state index contributed by atoms with van der Waals surface area (Å²) in [6.45, 7) is 4.67. The van der Waals surface area contributed by atoms with Gasteiger partial charge in [0.15, 0.2) is 0 Å². The highest BCUT2D eigenvalue weighted by molar-refractivity contribution is 7.21. The molecule has 0 bridgehead atoms. The molecule has 1 aromatic carbocycles. The highest BCUT2D eigenvalue weighted by Crippen LogP contribution is 2.31. The normalized spacial score (nSPS) is 14.4. The van der Waals surface area contributed by atoms with E-state index in [1.165, 1.54) is 86.2 Å². The number of nitrogens with zero attached hydrogens (tertiary/aromatic N) is 2. The number of rotatable bonds is 8. The van der Waals surface area contributed by atoms with Crippen LogP contribution in [0.2, 0.25) is 0 Å². The smallest absolute Gasteiger partial charge is 0.255 e. The van der Waals surface area contributed by atoms with E-state index in [0.717, 1.165) is 0 Å². The van der Waals surface area contributed by atoms with E-state index in [-0.39, 0.29) is 0 Å². The Hall–Kier alpha value is -1.09. The van der Waals surface area contributed by atoms with Gasteiger partial charge in [0.2, 0.25) is 0 Å². The molecule has 0 saturated heterocycles. The summed E-state index contributed by atoms with van der Waals surface area (Å²) >= 11 is 1.96. The van der Waals surface area contributed by atoms with E-state index < -0.39 is 0 Å². The number of hydrogen-bond acceptors (Lipinski definition) is 2. The molecule has 0 radical (unpaired) electrons. The Labute approximate surface area is 145 Å². The van der Waals surface area contributed by atoms with Crippen molar-refractivity contribution in [3.8, 4) is 0 Å². The summed E-state index contributed by atoms with van der Waals surface area (Å²) in [6, 6.07) is 6.91. The van der Waals surface area contributed by atoms with Gasteiger partial charge in [0, 0.05) is 12.0 Å². The van der Waals surface area contributed by atoms with Crippen LogP contribution in [0, 0.1) is 0 Å². The van der Waals surface area contributed by atoms with Crippen LogP contribution in [-0.2, 0) is 13.0 Å². The van der Waals surface area contributed by atoms with Gasteiger partial charge in [-0.2, -0.15) is 0 Å². The molecule has 3 rings (SSSR count). The topological polar surface area (TPSA) is 7.12 Å². The predicted octanol–water partition coefficient (Wildman–Crippen LogP) is 5.32. The Morgan fingerprint density at radius 2 is 1.87 bits per heavy atom. The number of unbranched alkanes of at least 4 members (excludes halogenated alkanes) is 6. The highest BCUT2D eigenvalue weighted by atomic mass is 32.1. The molecule has 0 amide bonds. The number of thiazole rings is 1. The zero-order chi connectivity index (χ0) is 16.1. The highest BCUT2D eigenvalue weighted by Gasteiger charge is 2.27. The summed E-state index contributed by atoms with van der Waals surface area (Å²) in [5.41, 5.74) is 3.08. The first-order valence-electron chi connectivity index (χ1n) is 9.46. The average Bonchev–Trinajstić information content (AvgIpc) is 2.95. The van der Waals surface area contributed by atoms with Crippen LogP contribution in [0.25, 0.3) is 10.2 Å². The number of benzene rings is 1. The van der Waals surface area contributed by atoms with E-state index in [2.05, 4.69) is 41.6 Å². The van der Waals surface area contributed by atoms with Gasteiger partial charge in [0.05, 0.1) is 24.8 Å². The molecule has 1 aliphatic heterocycles. The lowest BCUT2D eigenvalue weighted by molar-refractivity contribution is -0.659. The van der Waals surface area contributed by atoms with Crippen molar-refractivity contribution < 1.29 is 4.57 Å². The Balaban J connectivity index is 1.64. The predicted molar refractivity (Wildman–Crippen MR) is 102 cm³/mol. The second-order valence-electron chi connectivity index (χ2n) is 6.95. The summed E-state index contributed by atoms with van der Waals surface area (Å²) < 4.78 is 4.04. The van der Waals surface area contributed by atoms with E-state index in [4.69, 9.17) is 0 Å². The minimum atomic E-state index is 1.19. The first-order valence-corrected chi connectivity index (χ1v) is 10.3. The number of fused-ring (bicyclic) bond motifs is 3. The molecular formula is C20H31N2S+. The molecule has 0 fully saturated rings. The first-order chi connectivity index (χ1) is 11.3. The van der Waals surface area contributed by atoms with Gasteiger partial charge >= 0.3 is 5.13 Å². The summed E-state index contributed by atoms with van der Waals surface area (Å²) in [4.78, 5) is 2.42. The van der Waals surface area contributed by atoms with E-state index in [0.29, 0.717) is 0 Å². The van der Waals surface area contributed by atoms with Gasteiger partial charge in [-0.1, -0.05) is 57.6 Å². The molecule has 0 atom stereocenters. The molecule has 126 valence electrons. The number of para-hydroxylation sites is 1. The van der Waals surface area contributed by atoms with Gasteiger partial charge in [-0.3, -0.25) is 4.90 Å². The lowest BCUT2D eigenvalue weighted by atomic mass is 10.0. The van der Waals surface area contributed by atoms with E-state index in [9.17, 15) is 0 Å². The molecule has 2 aromatic rings. The molecule has 0 saturated carbocycles. The van der Waals surface area contributed by atoms with Crippen LogP contribution in [-0.4, -0.2) is 13.6 Å². The van der Waals surface area contributed by atoms with Crippen molar-refractivity contribution >= 4 is 26.7 Å². The molecule has 2 nitrogen and oxygen atoms in total. The third-order valence-electron chi connectivity index (χ3n) is 5.04. The largest absolute Gasteiger partial charge is 0.336 e. The van der Waals surface area contributed by atoms with Crippen molar-refractivity contribution in [2.75, 3.05) is 18.5 Å². The van der Waals surface area contributed by atoms with E-state index >= 15 is 0 Å². The van der Waals surface area contributed by atoms with Crippen molar-refractivity contribution in [3.63, 3.8) is 0 Å². The minimum absolute atomic E-state index is 1.19. The zero-order valence-electron chi connectivity index (χ0n) is 14.8. The lowest BCUT2D eigenvalue weighted by Crippen LogP contribution is -2.45. The maximum absolute atomic E-state index is 2.57. The summed E-state index contributed by atoms with van der Waals surface area (Å²) in [5, 5.41) is 1.44. The van der Waals surface area contributed by atoms with Crippen molar-refractivity contribution in [1.82, 2.24) is 0 Å². The van der Waals surface area contributed by atoms with Crippen LogP contribution < -0.4 is 9.47 Å². The molecule has 0 spiro atoms. The fraction of sp³-hybridized carbons (Fsp3) is 0.650. The maximum atomic E-state index is 2.57. The minimum Gasteiger partial charge on any atom is -0.255 e. The van der Waals surface area contributed by atoms with Gasteiger partial charge < -0.3 is 0 Å². The zero-order valence-corrected chi connectivity index (χ0v) is 15.6. The first kappa shape index (κ1) is 16.8. The number of anilines is 1. The second-order valence-corrected chi connectivity index (χ2v) is 7.96. The van der Waals surface area contributed by atoms with Gasteiger partial charge in [-0.05, 0) is 30.2 Å². The van der Waals surface area contributed by atoms with Gasteiger partial charge in [0.25, 0.3) is 0 Å². The number of hydrogen-bond donors (Lipinski definition) is 0. The maximum Gasteiger partial charge on any atom is 0.336 e. The molecule has 0 unspecified atom stereocenters. The van der Waals surface area contributed by atoms with Crippen molar-refractivity contribution in [3.05, 3.63) is 23.8 Å². The molecule has 2 heterocycles. The van der Waals surface area contributed by atoms with Crippen LogP contribution in [0.15, 0.2) is 18.2 Å². The van der Waals surface area contributed by atoms with E-state index in [1.807, 2.05) is 11.3 Å². The van der Waals surface area contributed by atoms with Gasteiger partial charge in [-0.25, -0.2) is 4.57 Å². The standard InChI is InChI=1S/C20H31N2S/c1-3-4-5-6-7-8-9-12-17-13-10-14-18-19(17)22-16-11-15-21(2)20(22)23-18/h10,13-14H,3-9,11-12,15-16H2,1-2H3/q+1. The SMILES string of the molecule is CCCCCCCCCc1cccc2sc3[n+](c12)CCCN3C. The third-order valence-corrected chi connectivity index (χ3v) is 6.30. The number of aryl methyl sites for hydroxylation is 2. The molecule has 0 N–H and O–H groups in total. The molecule has 1 aliphatic rings. The van der Waals surface area contributed by atoms with Crippen molar-refractivity contribution in [2.24, 2.45) is 0 Å². The molecule has 3 heteroatoms. The quantitative estimate of drug-likeness (QED) is 0.469. The van der Waals surface area contributed by atoms with Gasteiger partial charge in [0.1, 0.15) is 5.52 Å². The van der Waals surface area contributed by atoms with Gasteiger partial charge in [-0.15, -0.1) is 0 Å². The van der Waals surface area contributed by atoms with Crippen molar-refractivity contribution in [2.45, 2.75) is 71.3 Å². The Kier molecular flexibility index (Phi) is 5.93. The van der Waals surface area contributed by atoms with Crippen LogP contribution >= 0.6 is 11.3 Å². The fourth-order valence-electron chi connectivity index (χ4n) is 3.73. The van der Waals surface area contributed by atoms with E-state index in [1.54, 1.807) is 5.56 Å². The second kappa shape index (κ2) is 8.14. The Bertz CT molecular complexity index is 632. The average molecular weight is 332 g/mol. The molecular weight excluding hydrogens is 300 g/mol. The fourth-order valence-corrected chi connectivity index (χ4v) is 4.95. The van der Waals surface area contributed by atoms with Crippen LogP contribution in [0.4, 0.5) is 5.13 Å². The monoisotopic (exact) mass is 331 g/mol. The Morgan fingerprint density at radius 1 is 1.09 bits per heavy atom. The van der Waals surface area contributed by atoms with Crippen molar-refractivity contribution in [1.29, 1.82) is 0 Å². The van der Waals surface area contributed by atoms with Crippen LogP contribution in [0.5, 0.6) is 0 Å². The molecule has 23 heavy (non-hydrogen) atoms. The molecule has 0 aliphatic carbocycles. The third kappa shape index (κ3) is 3.88. The van der Waals surface area contributed by atoms with Crippen LogP contribution in [0.3, 0.4) is 0 Å². The molecule has 1 aromatic heterocycles. The number of aromatic nitrogens is 1. The Morgan fingerprint density at radius 3 is 2.70 bits per heavy atom. The summed E-state index contributed by atoms with van der Waals surface area (Å²) in [5.74, 6) is 0. The lowest BCUT2D eigenvalue weighted by Gasteiger charge is -2.17. The summed E-state index contributed by atoms with van der Waals surface area (Å²) in [7, 11) is 2.23. The summed E-state index contributed by atoms with van der Waals surface area (Å²) in [6.07, 6.45) is 12.2. The van der Waals surface area contributed by atoms with Crippen LogP contribution in [0.1, 0.15) is 63.9 Å².